The lowest BCUT2D eigenvalue weighted by molar-refractivity contribution is 0.371. The van der Waals surface area contributed by atoms with Gasteiger partial charge in [0.15, 0.2) is 0 Å². The standard InChI is InChI=1S/C13H20N2O2S/c1-10-5-7-13(8-6-10)18(16,17)15-12-4-2-3-11(14)9-12/h5-8,11-12,15H,2-4,9,14H2,1H3. The second-order valence-electron chi connectivity index (χ2n) is 5.06. The number of benzene rings is 1. The number of sulfonamides is 1. The summed E-state index contributed by atoms with van der Waals surface area (Å²) >= 11 is 0. The minimum absolute atomic E-state index is 0.0277. The lowest BCUT2D eigenvalue weighted by atomic mass is 9.92. The van der Waals surface area contributed by atoms with E-state index in [0.29, 0.717) is 4.90 Å². The molecule has 2 unspecified atom stereocenters. The van der Waals surface area contributed by atoms with Crippen LogP contribution in [0.3, 0.4) is 0 Å². The van der Waals surface area contributed by atoms with Gasteiger partial charge < -0.3 is 5.73 Å². The molecular weight excluding hydrogens is 248 g/mol. The Kier molecular flexibility index (Phi) is 4.04. The van der Waals surface area contributed by atoms with E-state index in [0.717, 1.165) is 31.2 Å². The van der Waals surface area contributed by atoms with Crippen molar-refractivity contribution in [2.75, 3.05) is 0 Å². The van der Waals surface area contributed by atoms with E-state index in [1.165, 1.54) is 0 Å². The SMILES string of the molecule is Cc1ccc(S(=O)(=O)NC2CCCC(N)C2)cc1. The van der Waals surface area contributed by atoms with Gasteiger partial charge in [0.1, 0.15) is 0 Å². The van der Waals surface area contributed by atoms with Gasteiger partial charge in [-0.2, -0.15) is 0 Å². The number of nitrogens with two attached hydrogens (primary N) is 1. The van der Waals surface area contributed by atoms with Gasteiger partial charge in [-0.3, -0.25) is 0 Å². The van der Waals surface area contributed by atoms with Gasteiger partial charge in [-0.25, -0.2) is 13.1 Å². The molecule has 2 rings (SSSR count). The molecule has 1 aliphatic carbocycles. The molecule has 1 aliphatic rings. The number of hydrogen-bond acceptors (Lipinski definition) is 3. The van der Waals surface area contributed by atoms with Gasteiger partial charge in [-0.05, 0) is 38.3 Å². The molecule has 100 valence electrons. The molecule has 0 spiro atoms. The van der Waals surface area contributed by atoms with Crippen molar-refractivity contribution in [2.24, 2.45) is 5.73 Å². The molecule has 0 amide bonds. The second kappa shape index (κ2) is 5.38. The summed E-state index contributed by atoms with van der Waals surface area (Å²) in [4.78, 5) is 0.326. The summed E-state index contributed by atoms with van der Waals surface area (Å²) < 4.78 is 27.1. The van der Waals surface area contributed by atoms with Crippen molar-refractivity contribution in [3.63, 3.8) is 0 Å². The normalized spacial score (nSPS) is 25.0. The molecule has 0 radical (unpaired) electrons. The number of nitrogens with one attached hydrogen (secondary N) is 1. The zero-order valence-electron chi connectivity index (χ0n) is 10.6. The monoisotopic (exact) mass is 268 g/mol. The van der Waals surface area contributed by atoms with Gasteiger partial charge in [-0.1, -0.05) is 24.1 Å². The lowest BCUT2D eigenvalue weighted by Crippen LogP contribution is -2.42. The van der Waals surface area contributed by atoms with Crippen LogP contribution < -0.4 is 10.5 Å². The Morgan fingerprint density at radius 1 is 1.22 bits per heavy atom. The summed E-state index contributed by atoms with van der Waals surface area (Å²) in [5.74, 6) is 0. The Morgan fingerprint density at radius 2 is 1.89 bits per heavy atom. The van der Waals surface area contributed by atoms with Gasteiger partial charge in [-0.15, -0.1) is 0 Å². The van der Waals surface area contributed by atoms with Crippen LogP contribution in [0.15, 0.2) is 29.2 Å². The van der Waals surface area contributed by atoms with Crippen molar-refractivity contribution in [1.29, 1.82) is 0 Å². The number of hydrogen-bond donors (Lipinski definition) is 2. The molecule has 1 aromatic rings. The molecule has 1 fully saturated rings. The zero-order valence-corrected chi connectivity index (χ0v) is 11.4. The van der Waals surface area contributed by atoms with Crippen molar-refractivity contribution in [2.45, 2.75) is 49.6 Å². The van der Waals surface area contributed by atoms with E-state index in [9.17, 15) is 8.42 Å². The molecule has 2 atom stereocenters. The first kappa shape index (κ1) is 13.5. The molecule has 0 bridgehead atoms. The molecule has 0 aromatic heterocycles. The quantitative estimate of drug-likeness (QED) is 0.873. The first-order valence-electron chi connectivity index (χ1n) is 6.32. The second-order valence-corrected chi connectivity index (χ2v) is 6.77. The highest BCUT2D eigenvalue weighted by molar-refractivity contribution is 7.89. The van der Waals surface area contributed by atoms with Gasteiger partial charge in [0, 0.05) is 12.1 Å². The molecule has 4 nitrogen and oxygen atoms in total. The summed E-state index contributed by atoms with van der Waals surface area (Å²) in [6.45, 7) is 1.93. The van der Waals surface area contributed by atoms with Crippen LogP contribution in [0.25, 0.3) is 0 Å². The molecular formula is C13H20N2O2S. The van der Waals surface area contributed by atoms with Crippen LogP contribution in [-0.2, 0) is 10.0 Å². The topological polar surface area (TPSA) is 72.2 Å². The molecule has 3 N–H and O–H groups in total. The van der Waals surface area contributed by atoms with Crippen molar-refractivity contribution in [1.82, 2.24) is 4.72 Å². The van der Waals surface area contributed by atoms with Crippen molar-refractivity contribution < 1.29 is 8.42 Å². The Bertz CT molecular complexity index is 496. The fraction of sp³-hybridized carbons (Fsp3) is 0.538. The smallest absolute Gasteiger partial charge is 0.240 e. The highest BCUT2D eigenvalue weighted by Crippen LogP contribution is 2.19. The van der Waals surface area contributed by atoms with Crippen LogP contribution in [0, 0.1) is 6.92 Å². The minimum atomic E-state index is -3.41. The van der Waals surface area contributed by atoms with Crippen LogP contribution >= 0.6 is 0 Å². The summed E-state index contributed by atoms with van der Waals surface area (Å²) in [5, 5.41) is 0. The van der Waals surface area contributed by atoms with Crippen LogP contribution in [0.4, 0.5) is 0 Å². The minimum Gasteiger partial charge on any atom is -0.328 e. The van der Waals surface area contributed by atoms with E-state index in [1.54, 1.807) is 24.3 Å². The molecule has 5 heteroatoms. The van der Waals surface area contributed by atoms with E-state index in [1.807, 2.05) is 6.92 Å². The molecule has 0 saturated heterocycles. The zero-order chi connectivity index (χ0) is 13.2. The Hall–Kier alpha value is -0.910. The van der Waals surface area contributed by atoms with E-state index in [4.69, 9.17) is 5.73 Å². The molecule has 0 heterocycles. The predicted octanol–water partition coefficient (Wildman–Crippen LogP) is 1.54. The fourth-order valence-corrected chi connectivity index (χ4v) is 3.62. The summed E-state index contributed by atoms with van der Waals surface area (Å²) in [7, 11) is -3.41. The van der Waals surface area contributed by atoms with Crippen LogP contribution in [0.5, 0.6) is 0 Å². The van der Waals surface area contributed by atoms with E-state index in [-0.39, 0.29) is 12.1 Å². The third-order valence-corrected chi connectivity index (χ3v) is 4.90. The predicted molar refractivity (Wildman–Crippen MR) is 71.7 cm³/mol. The van der Waals surface area contributed by atoms with Crippen LogP contribution in [0.1, 0.15) is 31.2 Å². The van der Waals surface area contributed by atoms with Crippen molar-refractivity contribution >= 4 is 10.0 Å². The Balaban J connectivity index is 2.09. The van der Waals surface area contributed by atoms with Crippen molar-refractivity contribution in [3.05, 3.63) is 29.8 Å². The van der Waals surface area contributed by atoms with E-state index >= 15 is 0 Å². The van der Waals surface area contributed by atoms with Gasteiger partial charge in [0.05, 0.1) is 4.90 Å². The molecule has 1 aromatic carbocycles. The summed E-state index contributed by atoms with van der Waals surface area (Å²) in [5.41, 5.74) is 6.92. The lowest BCUT2D eigenvalue weighted by Gasteiger charge is -2.27. The van der Waals surface area contributed by atoms with Gasteiger partial charge in [0.2, 0.25) is 10.0 Å². The van der Waals surface area contributed by atoms with E-state index < -0.39 is 10.0 Å². The average molecular weight is 268 g/mol. The fourth-order valence-electron chi connectivity index (χ4n) is 2.34. The van der Waals surface area contributed by atoms with Gasteiger partial charge in [0.25, 0.3) is 0 Å². The highest BCUT2D eigenvalue weighted by atomic mass is 32.2. The average Bonchev–Trinajstić information content (AvgIpc) is 2.29. The third-order valence-electron chi connectivity index (χ3n) is 3.37. The first-order valence-corrected chi connectivity index (χ1v) is 7.80. The van der Waals surface area contributed by atoms with Crippen LogP contribution in [0.2, 0.25) is 0 Å². The van der Waals surface area contributed by atoms with Crippen molar-refractivity contribution in [3.8, 4) is 0 Å². The van der Waals surface area contributed by atoms with Crippen LogP contribution in [-0.4, -0.2) is 20.5 Å². The largest absolute Gasteiger partial charge is 0.328 e. The maximum Gasteiger partial charge on any atom is 0.240 e. The number of rotatable bonds is 3. The summed E-state index contributed by atoms with van der Waals surface area (Å²) in [6.07, 6.45) is 3.58. The third kappa shape index (κ3) is 3.31. The first-order chi connectivity index (χ1) is 8.47. The maximum atomic E-state index is 12.2. The van der Waals surface area contributed by atoms with E-state index in [2.05, 4.69) is 4.72 Å². The molecule has 1 saturated carbocycles. The Labute approximate surface area is 109 Å². The number of aryl methyl sites for hydroxylation is 1. The Morgan fingerprint density at radius 3 is 2.50 bits per heavy atom. The van der Waals surface area contributed by atoms with Gasteiger partial charge >= 0.3 is 0 Å². The molecule has 18 heavy (non-hydrogen) atoms. The summed E-state index contributed by atoms with van der Waals surface area (Å²) in [6, 6.07) is 6.98. The molecule has 0 aliphatic heterocycles. The maximum absolute atomic E-state index is 12.2. The highest BCUT2D eigenvalue weighted by Gasteiger charge is 2.24.